The zero-order valence-electron chi connectivity index (χ0n) is 12.5. The van der Waals surface area contributed by atoms with Crippen LogP contribution in [0.3, 0.4) is 0 Å². The van der Waals surface area contributed by atoms with Crippen LogP contribution in [0.15, 0.2) is 24.3 Å². The zero-order chi connectivity index (χ0) is 13.7. The Morgan fingerprint density at radius 1 is 1.16 bits per heavy atom. The zero-order valence-corrected chi connectivity index (χ0v) is 12.5. The van der Waals surface area contributed by atoms with Gasteiger partial charge in [-0.05, 0) is 50.7 Å². The normalized spacial score (nSPS) is 23.4. The molecule has 19 heavy (non-hydrogen) atoms. The fraction of sp³-hybridized carbons (Fsp3) is 0.647. The first-order valence-electron chi connectivity index (χ1n) is 7.64. The molecule has 0 aliphatic heterocycles. The molecule has 106 valence electrons. The second-order valence-electron chi connectivity index (χ2n) is 6.17. The van der Waals surface area contributed by atoms with Gasteiger partial charge in [0.15, 0.2) is 0 Å². The number of hydrogen-bond donors (Lipinski definition) is 1. The minimum atomic E-state index is 0.221. The Balaban J connectivity index is 1.88. The Hall–Kier alpha value is -1.18. The van der Waals surface area contributed by atoms with E-state index in [2.05, 4.69) is 38.2 Å². The Morgan fingerprint density at radius 2 is 1.84 bits per heavy atom. The maximum atomic E-state index is 5.84. The molecule has 1 N–H and O–H groups in total. The summed E-state index contributed by atoms with van der Waals surface area (Å²) in [6, 6.07) is 8.26. The van der Waals surface area contributed by atoms with Crippen LogP contribution < -0.4 is 10.1 Å². The minimum Gasteiger partial charge on any atom is -0.489 e. The molecule has 1 aromatic rings. The summed E-state index contributed by atoms with van der Waals surface area (Å²) in [6.45, 7) is 7.58. The number of ether oxygens (including phenoxy) is 1. The first-order chi connectivity index (χ1) is 9.15. The van der Waals surface area contributed by atoms with Crippen LogP contribution in [0.25, 0.3) is 0 Å². The highest BCUT2D eigenvalue weighted by molar-refractivity contribution is 5.56. The van der Waals surface area contributed by atoms with Crippen LogP contribution in [0.5, 0.6) is 5.75 Å². The van der Waals surface area contributed by atoms with E-state index in [1.807, 2.05) is 12.1 Å². The number of para-hydroxylation sites is 2. The molecule has 2 nitrogen and oxygen atoms in total. The van der Waals surface area contributed by atoms with Gasteiger partial charge in [0, 0.05) is 6.54 Å². The summed E-state index contributed by atoms with van der Waals surface area (Å²) in [7, 11) is 0. The molecule has 1 aliphatic rings. The van der Waals surface area contributed by atoms with E-state index in [1.54, 1.807) is 0 Å². The number of benzene rings is 1. The number of rotatable bonds is 5. The van der Waals surface area contributed by atoms with E-state index in [9.17, 15) is 0 Å². The van der Waals surface area contributed by atoms with E-state index < -0.39 is 0 Å². The first kappa shape index (κ1) is 14.2. The molecule has 1 saturated carbocycles. The highest BCUT2D eigenvalue weighted by Gasteiger charge is 2.18. The average Bonchev–Trinajstić information content (AvgIpc) is 2.39. The van der Waals surface area contributed by atoms with Crippen molar-refractivity contribution >= 4 is 5.69 Å². The first-order valence-corrected chi connectivity index (χ1v) is 7.64. The van der Waals surface area contributed by atoms with E-state index in [0.29, 0.717) is 0 Å². The van der Waals surface area contributed by atoms with Gasteiger partial charge in [-0.25, -0.2) is 0 Å². The van der Waals surface area contributed by atoms with Crippen LogP contribution in [0.4, 0.5) is 5.69 Å². The lowest BCUT2D eigenvalue weighted by molar-refractivity contribution is 0.243. The van der Waals surface area contributed by atoms with Crippen LogP contribution in [0, 0.1) is 11.8 Å². The van der Waals surface area contributed by atoms with E-state index in [-0.39, 0.29) is 6.10 Å². The molecule has 2 rings (SSSR count). The molecule has 0 radical (unpaired) electrons. The van der Waals surface area contributed by atoms with Gasteiger partial charge in [0.1, 0.15) is 5.75 Å². The summed E-state index contributed by atoms with van der Waals surface area (Å²) in [5.41, 5.74) is 1.13. The SMILES string of the molecule is CC1CCC(CNc2ccccc2OC(C)C)CC1. The molecule has 0 aromatic heterocycles. The Bertz CT molecular complexity index is 381. The molecule has 1 aliphatic carbocycles. The molecule has 0 atom stereocenters. The maximum absolute atomic E-state index is 5.84. The van der Waals surface area contributed by atoms with Crippen LogP contribution in [-0.2, 0) is 0 Å². The van der Waals surface area contributed by atoms with Crippen molar-refractivity contribution in [2.24, 2.45) is 11.8 Å². The molecule has 2 heteroatoms. The summed E-state index contributed by atoms with van der Waals surface area (Å²) in [5, 5.41) is 3.58. The lowest BCUT2D eigenvalue weighted by Crippen LogP contribution is -2.20. The highest BCUT2D eigenvalue weighted by Crippen LogP contribution is 2.30. The molecular weight excluding hydrogens is 234 g/mol. The number of hydrogen-bond acceptors (Lipinski definition) is 2. The predicted octanol–water partition coefficient (Wildman–Crippen LogP) is 4.71. The van der Waals surface area contributed by atoms with Crippen molar-refractivity contribution in [3.8, 4) is 5.75 Å². The second-order valence-corrected chi connectivity index (χ2v) is 6.17. The van der Waals surface area contributed by atoms with Crippen LogP contribution in [-0.4, -0.2) is 12.6 Å². The van der Waals surface area contributed by atoms with Crippen molar-refractivity contribution in [1.82, 2.24) is 0 Å². The van der Waals surface area contributed by atoms with Gasteiger partial charge in [-0.15, -0.1) is 0 Å². The van der Waals surface area contributed by atoms with Gasteiger partial charge in [0.2, 0.25) is 0 Å². The smallest absolute Gasteiger partial charge is 0.142 e. The van der Waals surface area contributed by atoms with Crippen LogP contribution in [0.1, 0.15) is 46.5 Å². The molecule has 0 heterocycles. The highest BCUT2D eigenvalue weighted by atomic mass is 16.5. The number of anilines is 1. The summed E-state index contributed by atoms with van der Waals surface area (Å²) < 4.78 is 5.84. The standard InChI is InChI=1S/C17H27NO/c1-13(2)19-17-7-5-4-6-16(17)18-12-15-10-8-14(3)9-11-15/h4-7,13-15,18H,8-12H2,1-3H3. The van der Waals surface area contributed by atoms with Crippen molar-refractivity contribution in [3.05, 3.63) is 24.3 Å². The quantitative estimate of drug-likeness (QED) is 0.828. The second kappa shape index (κ2) is 6.83. The van der Waals surface area contributed by atoms with Gasteiger partial charge in [0.25, 0.3) is 0 Å². The third kappa shape index (κ3) is 4.45. The van der Waals surface area contributed by atoms with Gasteiger partial charge in [-0.3, -0.25) is 0 Å². The van der Waals surface area contributed by atoms with Crippen molar-refractivity contribution < 1.29 is 4.74 Å². The lowest BCUT2D eigenvalue weighted by atomic mass is 9.83. The minimum absolute atomic E-state index is 0.221. The predicted molar refractivity (Wildman–Crippen MR) is 81.8 cm³/mol. The Kier molecular flexibility index (Phi) is 5.12. The fourth-order valence-electron chi connectivity index (χ4n) is 2.76. The Labute approximate surface area is 117 Å². The monoisotopic (exact) mass is 261 g/mol. The summed E-state index contributed by atoms with van der Waals surface area (Å²) >= 11 is 0. The van der Waals surface area contributed by atoms with E-state index >= 15 is 0 Å². The molecule has 0 unspecified atom stereocenters. The van der Waals surface area contributed by atoms with Crippen molar-refractivity contribution in [1.29, 1.82) is 0 Å². The van der Waals surface area contributed by atoms with Crippen molar-refractivity contribution in [3.63, 3.8) is 0 Å². The third-order valence-corrected chi connectivity index (χ3v) is 3.97. The molecule has 1 aromatic carbocycles. The average molecular weight is 261 g/mol. The summed E-state index contributed by atoms with van der Waals surface area (Å²) in [5.74, 6) is 2.72. The molecule has 0 saturated heterocycles. The molecular formula is C17H27NO. The van der Waals surface area contributed by atoms with E-state index in [4.69, 9.17) is 4.74 Å². The molecule has 0 spiro atoms. The summed E-state index contributed by atoms with van der Waals surface area (Å²) in [6.07, 6.45) is 5.72. The van der Waals surface area contributed by atoms with Gasteiger partial charge >= 0.3 is 0 Å². The van der Waals surface area contributed by atoms with E-state index in [0.717, 1.165) is 29.8 Å². The lowest BCUT2D eigenvalue weighted by Gasteiger charge is -2.27. The van der Waals surface area contributed by atoms with Crippen LogP contribution >= 0.6 is 0 Å². The molecule has 1 fully saturated rings. The van der Waals surface area contributed by atoms with E-state index in [1.165, 1.54) is 25.7 Å². The topological polar surface area (TPSA) is 21.3 Å². The molecule has 0 amide bonds. The van der Waals surface area contributed by atoms with Crippen molar-refractivity contribution in [2.45, 2.75) is 52.6 Å². The summed E-state index contributed by atoms with van der Waals surface area (Å²) in [4.78, 5) is 0. The van der Waals surface area contributed by atoms with Gasteiger partial charge in [0.05, 0.1) is 11.8 Å². The van der Waals surface area contributed by atoms with Crippen LogP contribution in [0.2, 0.25) is 0 Å². The van der Waals surface area contributed by atoms with Gasteiger partial charge in [-0.1, -0.05) is 31.9 Å². The maximum Gasteiger partial charge on any atom is 0.142 e. The third-order valence-electron chi connectivity index (χ3n) is 3.97. The molecule has 0 bridgehead atoms. The van der Waals surface area contributed by atoms with Crippen molar-refractivity contribution in [2.75, 3.05) is 11.9 Å². The Morgan fingerprint density at radius 3 is 2.53 bits per heavy atom. The largest absolute Gasteiger partial charge is 0.489 e. The van der Waals surface area contributed by atoms with Gasteiger partial charge < -0.3 is 10.1 Å². The van der Waals surface area contributed by atoms with Gasteiger partial charge in [-0.2, -0.15) is 0 Å². The number of nitrogens with one attached hydrogen (secondary N) is 1. The fourth-order valence-corrected chi connectivity index (χ4v) is 2.76.